The molecule has 0 aliphatic heterocycles. The van der Waals surface area contributed by atoms with Crippen molar-refractivity contribution in [2.45, 2.75) is 38.3 Å². The molecule has 0 amide bonds. The number of benzene rings is 1. The van der Waals surface area contributed by atoms with Gasteiger partial charge in [-0.15, -0.1) is 0 Å². The smallest absolute Gasteiger partial charge is 0.127 e. The number of ether oxygens (including phenoxy) is 1. The molecule has 1 aromatic carbocycles. The molecule has 17 heavy (non-hydrogen) atoms. The normalized spacial score (nSPS) is 14.6. The highest BCUT2D eigenvalue weighted by atomic mass is 35.5. The summed E-state index contributed by atoms with van der Waals surface area (Å²) < 4.78 is 18.9. The van der Waals surface area contributed by atoms with Crippen molar-refractivity contribution in [3.05, 3.63) is 34.6 Å². The van der Waals surface area contributed by atoms with E-state index in [1.54, 1.807) is 19.2 Å². The van der Waals surface area contributed by atoms with Crippen molar-refractivity contribution in [2.24, 2.45) is 5.73 Å². The zero-order valence-corrected chi connectivity index (χ0v) is 11.0. The average Bonchev–Trinajstić information content (AvgIpc) is 2.29. The molecule has 0 fully saturated rings. The van der Waals surface area contributed by atoms with Crippen molar-refractivity contribution in [1.82, 2.24) is 0 Å². The van der Waals surface area contributed by atoms with E-state index in [4.69, 9.17) is 22.1 Å². The van der Waals surface area contributed by atoms with Crippen molar-refractivity contribution in [3.63, 3.8) is 0 Å². The van der Waals surface area contributed by atoms with Gasteiger partial charge in [0.25, 0.3) is 0 Å². The van der Waals surface area contributed by atoms with Gasteiger partial charge in [0.05, 0.1) is 6.10 Å². The largest absolute Gasteiger partial charge is 0.380 e. The standard InChI is InChI=1S/C13H19ClFNO/c1-3-4-13(17-2)12(16)7-9-5-6-10(14)8-11(9)15/h5-6,8,12-13H,3-4,7,16H2,1-2H3. The number of hydrogen-bond donors (Lipinski definition) is 1. The van der Waals surface area contributed by atoms with Gasteiger partial charge in [0, 0.05) is 18.2 Å². The first-order chi connectivity index (χ1) is 8.08. The topological polar surface area (TPSA) is 35.2 Å². The Morgan fingerprint density at radius 2 is 2.18 bits per heavy atom. The van der Waals surface area contributed by atoms with Crippen LogP contribution in [0.2, 0.25) is 5.02 Å². The van der Waals surface area contributed by atoms with E-state index in [1.165, 1.54) is 6.07 Å². The third kappa shape index (κ3) is 4.26. The Bertz CT molecular complexity index is 359. The zero-order chi connectivity index (χ0) is 12.8. The Morgan fingerprint density at radius 3 is 2.71 bits per heavy atom. The number of nitrogens with two attached hydrogens (primary N) is 1. The van der Waals surface area contributed by atoms with Gasteiger partial charge in [-0.2, -0.15) is 0 Å². The van der Waals surface area contributed by atoms with Gasteiger partial charge >= 0.3 is 0 Å². The van der Waals surface area contributed by atoms with E-state index in [1.807, 2.05) is 0 Å². The Hall–Kier alpha value is -0.640. The fourth-order valence-corrected chi connectivity index (χ4v) is 2.02. The second-order valence-corrected chi connectivity index (χ2v) is 4.60. The number of methoxy groups -OCH3 is 1. The fourth-order valence-electron chi connectivity index (χ4n) is 1.86. The molecule has 1 aromatic rings. The molecule has 0 saturated heterocycles. The van der Waals surface area contributed by atoms with Crippen LogP contribution >= 0.6 is 11.6 Å². The molecule has 1 rings (SSSR count). The maximum atomic E-state index is 13.6. The first kappa shape index (κ1) is 14.4. The van der Waals surface area contributed by atoms with Crippen LogP contribution in [0.3, 0.4) is 0 Å². The summed E-state index contributed by atoms with van der Waals surface area (Å²) in [5.74, 6) is -0.306. The maximum Gasteiger partial charge on any atom is 0.127 e. The number of hydrogen-bond acceptors (Lipinski definition) is 2. The molecule has 0 radical (unpaired) electrons. The van der Waals surface area contributed by atoms with Crippen LogP contribution in [-0.2, 0) is 11.2 Å². The van der Waals surface area contributed by atoms with E-state index >= 15 is 0 Å². The van der Waals surface area contributed by atoms with Crippen molar-refractivity contribution < 1.29 is 9.13 Å². The molecule has 96 valence electrons. The summed E-state index contributed by atoms with van der Waals surface area (Å²) in [5.41, 5.74) is 6.61. The Morgan fingerprint density at radius 1 is 1.47 bits per heavy atom. The van der Waals surface area contributed by atoms with Gasteiger partial charge in [-0.1, -0.05) is 31.0 Å². The molecule has 0 spiro atoms. The predicted octanol–water partition coefficient (Wildman–Crippen LogP) is 3.16. The predicted molar refractivity (Wildman–Crippen MR) is 68.8 cm³/mol. The van der Waals surface area contributed by atoms with Crippen LogP contribution in [0.25, 0.3) is 0 Å². The van der Waals surface area contributed by atoms with E-state index in [0.29, 0.717) is 17.0 Å². The van der Waals surface area contributed by atoms with E-state index in [2.05, 4.69) is 6.92 Å². The average molecular weight is 260 g/mol. The fraction of sp³-hybridized carbons (Fsp3) is 0.538. The van der Waals surface area contributed by atoms with Crippen molar-refractivity contribution >= 4 is 11.6 Å². The van der Waals surface area contributed by atoms with Gasteiger partial charge in [0.1, 0.15) is 5.82 Å². The molecule has 0 heterocycles. The highest BCUT2D eigenvalue weighted by molar-refractivity contribution is 6.30. The van der Waals surface area contributed by atoms with Crippen LogP contribution in [0, 0.1) is 5.82 Å². The summed E-state index contributed by atoms with van der Waals surface area (Å²) in [4.78, 5) is 0. The first-order valence-electron chi connectivity index (χ1n) is 5.80. The molecule has 0 aromatic heterocycles. The van der Waals surface area contributed by atoms with Gasteiger partial charge in [-0.3, -0.25) is 0 Å². The minimum Gasteiger partial charge on any atom is -0.380 e. The molecule has 2 N–H and O–H groups in total. The lowest BCUT2D eigenvalue weighted by Crippen LogP contribution is -2.38. The molecule has 0 bridgehead atoms. The molecule has 0 aliphatic carbocycles. The van der Waals surface area contributed by atoms with Crippen molar-refractivity contribution in [3.8, 4) is 0 Å². The molecular weight excluding hydrogens is 241 g/mol. The summed E-state index contributed by atoms with van der Waals surface area (Å²) in [6.07, 6.45) is 2.30. The summed E-state index contributed by atoms with van der Waals surface area (Å²) in [6, 6.07) is 4.46. The number of rotatable bonds is 6. The lowest BCUT2D eigenvalue weighted by atomic mass is 9.99. The van der Waals surface area contributed by atoms with Crippen LogP contribution in [-0.4, -0.2) is 19.3 Å². The summed E-state index contributed by atoms with van der Waals surface area (Å²) >= 11 is 5.70. The van der Waals surface area contributed by atoms with Gasteiger partial charge in [-0.25, -0.2) is 4.39 Å². The lowest BCUT2D eigenvalue weighted by Gasteiger charge is -2.22. The highest BCUT2D eigenvalue weighted by Gasteiger charge is 2.18. The SMILES string of the molecule is CCCC(OC)C(N)Cc1ccc(Cl)cc1F. The molecular formula is C13H19ClFNO. The van der Waals surface area contributed by atoms with E-state index in [0.717, 1.165) is 12.8 Å². The van der Waals surface area contributed by atoms with Gasteiger partial charge in [-0.05, 0) is 30.5 Å². The highest BCUT2D eigenvalue weighted by Crippen LogP contribution is 2.17. The first-order valence-corrected chi connectivity index (χ1v) is 6.18. The summed E-state index contributed by atoms with van der Waals surface area (Å²) in [6.45, 7) is 2.07. The van der Waals surface area contributed by atoms with E-state index in [-0.39, 0.29) is 18.0 Å². The Kier molecular flexibility index (Phi) is 5.89. The molecule has 4 heteroatoms. The van der Waals surface area contributed by atoms with Gasteiger partial charge in [0.15, 0.2) is 0 Å². The molecule has 2 nitrogen and oxygen atoms in total. The van der Waals surface area contributed by atoms with Crippen LogP contribution in [0.15, 0.2) is 18.2 Å². The second-order valence-electron chi connectivity index (χ2n) is 4.17. The molecule has 0 aliphatic rings. The Labute approximate surface area is 107 Å². The molecule has 2 unspecified atom stereocenters. The van der Waals surface area contributed by atoms with Gasteiger partial charge < -0.3 is 10.5 Å². The zero-order valence-electron chi connectivity index (χ0n) is 10.2. The minimum atomic E-state index is -0.306. The summed E-state index contributed by atoms with van der Waals surface area (Å²) in [7, 11) is 1.64. The van der Waals surface area contributed by atoms with Crippen molar-refractivity contribution in [1.29, 1.82) is 0 Å². The number of halogens is 2. The van der Waals surface area contributed by atoms with E-state index < -0.39 is 0 Å². The third-order valence-electron chi connectivity index (χ3n) is 2.82. The lowest BCUT2D eigenvalue weighted by molar-refractivity contribution is 0.0724. The summed E-state index contributed by atoms with van der Waals surface area (Å²) in [5, 5.41) is 0.400. The third-order valence-corrected chi connectivity index (χ3v) is 3.06. The van der Waals surface area contributed by atoms with Crippen LogP contribution < -0.4 is 5.73 Å². The van der Waals surface area contributed by atoms with Crippen LogP contribution in [0.1, 0.15) is 25.3 Å². The second kappa shape index (κ2) is 6.94. The van der Waals surface area contributed by atoms with Gasteiger partial charge in [0.2, 0.25) is 0 Å². The minimum absolute atomic E-state index is 0.0323. The van der Waals surface area contributed by atoms with Crippen LogP contribution in [0.5, 0.6) is 0 Å². The van der Waals surface area contributed by atoms with Crippen molar-refractivity contribution in [2.75, 3.05) is 7.11 Å². The van der Waals surface area contributed by atoms with Crippen LogP contribution in [0.4, 0.5) is 4.39 Å². The van der Waals surface area contributed by atoms with E-state index in [9.17, 15) is 4.39 Å². The molecule has 2 atom stereocenters. The monoisotopic (exact) mass is 259 g/mol. The quantitative estimate of drug-likeness (QED) is 0.852. The maximum absolute atomic E-state index is 13.6. The molecule has 0 saturated carbocycles. The Balaban J connectivity index is 2.69.